The Morgan fingerprint density at radius 2 is 2.10 bits per heavy atom. The molecule has 1 aliphatic heterocycles. The number of hydrogen-bond acceptors (Lipinski definition) is 3. The summed E-state index contributed by atoms with van der Waals surface area (Å²) >= 11 is 5.86. The van der Waals surface area contributed by atoms with Crippen LogP contribution in [0.15, 0.2) is 53.5 Å². The third kappa shape index (κ3) is 4.57. The van der Waals surface area contributed by atoms with Gasteiger partial charge in [-0.1, -0.05) is 29.8 Å². The Morgan fingerprint density at radius 3 is 2.81 bits per heavy atom. The fourth-order valence-electron chi connectivity index (χ4n) is 3.94. The van der Waals surface area contributed by atoms with Crippen molar-refractivity contribution in [2.24, 2.45) is 0 Å². The smallest absolute Gasteiger partial charge is 0.322 e. The van der Waals surface area contributed by atoms with Crippen molar-refractivity contribution >= 4 is 34.1 Å². The van der Waals surface area contributed by atoms with Crippen molar-refractivity contribution in [2.75, 3.05) is 18.5 Å². The first-order valence-corrected chi connectivity index (χ1v) is 10.6. The van der Waals surface area contributed by atoms with Gasteiger partial charge in [-0.3, -0.25) is 4.79 Å². The second-order valence-corrected chi connectivity index (χ2v) is 8.05. The van der Waals surface area contributed by atoms with E-state index in [9.17, 15) is 14.0 Å². The van der Waals surface area contributed by atoms with Crippen molar-refractivity contribution in [2.45, 2.75) is 31.9 Å². The molecule has 0 radical (unpaired) electrons. The van der Waals surface area contributed by atoms with Crippen LogP contribution in [-0.2, 0) is 4.74 Å². The molecule has 2 atom stereocenters. The molecule has 0 spiro atoms. The number of carbonyl (C=O) groups excluding carboxylic acids is 1. The molecule has 8 heteroatoms. The highest BCUT2D eigenvalue weighted by molar-refractivity contribution is 6.31. The van der Waals surface area contributed by atoms with Crippen molar-refractivity contribution in [3.05, 3.63) is 75.4 Å². The highest BCUT2D eigenvalue weighted by Crippen LogP contribution is 2.29. The van der Waals surface area contributed by atoms with Gasteiger partial charge in [-0.15, -0.1) is 0 Å². The number of halogens is 2. The number of amides is 2. The number of rotatable bonds is 5. The maximum absolute atomic E-state index is 13.5. The highest BCUT2D eigenvalue weighted by Gasteiger charge is 2.28. The minimum Gasteiger partial charge on any atom is -0.376 e. The Hall–Kier alpha value is -2.90. The van der Waals surface area contributed by atoms with Crippen LogP contribution in [0.2, 0.25) is 5.02 Å². The molecule has 2 aromatic carbocycles. The second-order valence-electron chi connectivity index (χ2n) is 7.64. The molecule has 0 saturated carbocycles. The summed E-state index contributed by atoms with van der Waals surface area (Å²) in [5.74, 6) is -0.552. The molecular formula is C23H23ClFN3O3. The van der Waals surface area contributed by atoms with Gasteiger partial charge in [0, 0.05) is 30.4 Å². The molecule has 2 heterocycles. The number of carbonyl (C=O) groups is 1. The number of nitrogens with zero attached hydrogens (tertiary/aromatic N) is 1. The summed E-state index contributed by atoms with van der Waals surface area (Å²) in [4.78, 5) is 29.9. The van der Waals surface area contributed by atoms with Crippen molar-refractivity contribution in [3.63, 3.8) is 0 Å². The molecular weight excluding hydrogens is 421 g/mol. The highest BCUT2D eigenvalue weighted by atomic mass is 35.5. The lowest BCUT2D eigenvalue weighted by Gasteiger charge is -2.32. The number of H-pyrrole nitrogens is 1. The number of fused-ring (bicyclic) bond motifs is 1. The number of anilines is 1. The van der Waals surface area contributed by atoms with Crippen LogP contribution in [0, 0.1) is 5.82 Å². The summed E-state index contributed by atoms with van der Waals surface area (Å²) in [6.45, 7) is 2.96. The summed E-state index contributed by atoms with van der Waals surface area (Å²) in [5.41, 5.74) is 1.04. The summed E-state index contributed by atoms with van der Waals surface area (Å²) in [5, 5.41) is 4.09. The lowest BCUT2D eigenvalue weighted by molar-refractivity contribution is 0.0743. The predicted octanol–water partition coefficient (Wildman–Crippen LogP) is 5.09. The minimum absolute atomic E-state index is 0.0665. The molecule has 162 valence electrons. The predicted molar refractivity (Wildman–Crippen MR) is 119 cm³/mol. The number of nitrogens with one attached hydrogen (secondary N) is 2. The average Bonchev–Trinajstić information content (AvgIpc) is 3.28. The lowest BCUT2D eigenvalue weighted by Crippen LogP contribution is -2.42. The van der Waals surface area contributed by atoms with Gasteiger partial charge >= 0.3 is 6.03 Å². The first-order chi connectivity index (χ1) is 14.9. The Balaban J connectivity index is 1.67. The van der Waals surface area contributed by atoms with Crippen LogP contribution in [0.1, 0.15) is 31.4 Å². The van der Waals surface area contributed by atoms with E-state index in [-0.39, 0.29) is 28.8 Å². The zero-order valence-corrected chi connectivity index (χ0v) is 17.8. The molecule has 2 amide bonds. The van der Waals surface area contributed by atoms with Gasteiger partial charge in [-0.05, 0) is 55.0 Å². The van der Waals surface area contributed by atoms with Crippen molar-refractivity contribution in [1.82, 2.24) is 9.88 Å². The molecule has 1 saturated heterocycles. The molecule has 0 aliphatic carbocycles. The number of aromatic nitrogens is 1. The minimum atomic E-state index is -0.552. The summed E-state index contributed by atoms with van der Waals surface area (Å²) in [6, 6.07) is 10.6. The number of aromatic amines is 1. The van der Waals surface area contributed by atoms with E-state index in [0.29, 0.717) is 24.2 Å². The molecule has 4 rings (SSSR count). The molecule has 3 aromatic rings. The van der Waals surface area contributed by atoms with Gasteiger partial charge in [-0.2, -0.15) is 0 Å². The lowest BCUT2D eigenvalue weighted by atomic mass is 10.0. The van der Waals surface area contributed by atoms with E-state index < -0.39 is 5.82 Å². The third-order valence-electron chi connectivity index (χ3n) is 5.62. The summed E-state index contributed by atoms with van der Waals surface area (Å²) < 4.78 is 19.3. The van der Waals surface area contributed by atoms with Gasteiger partial charge in [0.2, 0.25) is 0 Å². The molecule has 6 nitrogen and oxygen atoms in total. The maximum Gasteiger partial charge on any atom is 0.322 e. The van der Waals surface area contributed by atoms with Gasteiger partial charge < -0.3 is 19.9 Å². The van der Waals surface area contributed by atoms with Crippen LogP contribution in [0.5, 0.6) is 0 Å². The topological polar surface area (TPSA) is 74.4 Å². The Kier molecular flexibility index (Phi) is 6.25. The second kappa shape index (κ2) is 9.08. The first-order valence-electron chi connectivity index (χ1n) is 10.2. The molecule has 31 heavy (non-hydrogen) atoms. The summed E-state index contributed by atoms with van der Waals surface area (Å²) in [7, 11) is 0. The van der Waals surface area contributed by atoms with Crippen LogP contribution in [-0.4, -0.2) is 35.2 Å². The maximum atomic E-state index is 13.5. The van der Waals surface area contributed by atoms with E-state index >= 15 is 0 Å². The quantitative estimate of drug-likeness (QED) is 0.576. The normalized spacial score (nSPS) is 16.9. The van der Waals surface area contributed by atoms with E-state index in [2.05, 4.69) is 10.3 Å². The number of pyridine rings is 1. The molecule has 0 unspecified atom stereocenters. The van der Waals surface area contributed by atoms with Crippen LogP contribution in [0.4, 0.5) is 14.9 Å². The van der Waals surface area contributed by atoms with Gasteiger partial charge in [-0.25, -0.2) is 9.18 Å². The third-order valence-corrected chi connectivity index (χ3v) is 5.90. The van der Waals surface area contributed by atoms with Gasteiger partial charge in [0.15, 0.2) is 0 Å². The van der Waals surface area contributed by atoms with Crippen LogP contribution in [0.25, 0.3) is 10.8 Å². The monoisotopic (exact) mass is 443 g/mol. The van der Waals surface area contributed by atoms with Crippen LogP contribution < -0.4 is 10.9 Å². The van der Waals surface area contributed by atoms with Gasteiger partial charge in [0.25, 0.3) is 5.56 Å². The van der Waals surface area contributed by atoms with Gasteiger partial charge in [0.05, 0.1) is 17.2 Å². The fraction of sp³-hybridized carbons (Fsp3) is 0.304. The first kappa shape index (κ1) is 21.3. The van der Waals surface area contributed by atoms with Crippen molar-refractivity contribution in [3.8, 4) is 0 Å². The Labute approximate surface area is 184 Å². The molecule has 2 N–H and O–H groups in total. The van der Waals surface area contributed by atoms with E-state index in [4.69, 9.17) is 16.3 Å². The SMILES string of the molecule is C[C@H](c1c[nH]c(=O)c2ccccc12)N(C[C@H]1CCCO1)C(=O)Nc1ccc(F)c(Cl)c1. The Bertz CT molecular complexity index is 1160. The van der Waals surface area contributed by atoms with Crippen LogP contribution in [0.3, 0.4) is 0 Å². The van der Waals surface area contributed by atoms with E-state index in [0.717, 1.165) is 23.8 Å². The number of ether oxygens (including phenoxy) is 1. The summed E-state index contributed by atoms with van der Waals surface area (Å²) in [6.07, 6.45) is 3.40. The number of urea groups is 1. The van der Waals surface area contributed by atoms with Gasteiger partial charge in [0.1, 0.15) is 5.82 Å². The van der Waals surface area contributed by atoms with Crippen molar-refractivity contribution < 1.29 is 13.9 Å². The fourth-order valence-corrected chi connectivity index (χ4v) is 4.12. The number of hydrogen-bond donors (Lipinski definition) is 2. The number of benzene rings is 2. The molecule has 1 aliphatic rings. The molecule has 0 bridgehead atoms. The van der Waals surface area contributed by atoms with E-state index in [1.54, 1.807) is 23.2 Å². The van der Waals surface area contributed by atoms with Crippen molar-refractivity contribution in [1.29, 1.82) is 0 Å². The molecule has 1 aromatic heterocycles. The zero-order chi connectivity index (χ0) is 22.0. The van der Waals surface area contributed by atoms with E-state index in [1.807, 2.05) is 19.1 Å². The Morgan fingerprint density at radius 1 is 1.32 bits per heavy atom. The molecule has 1 fully saturated rings. The van der Waals surface area contributed by atoms with Crippen LogP contribution >= 0.6 is 11.6 Å². The zero-order valence-electron chi connectivity index (χ0n) is 17.0. The average molecular weight is 444 g/mol. The van der Waals surface area contributed by atoms with E-state index in [1.165, 1.54) is 18.2 Å². The standard InChI is InChI=1S/C23H23ClFN3O3/c1-14(19-12-26-22(29)18-7-3-2-6-17(18)19)28(13-16-5-4-10-31-16)23(30)27-15-8-9-21(25)20(24)11-15/h2-3,6-9,11-12,14,16H,4-5,10,13H2,1H3,(H,26,29)(H,27,30)/t14-,16-/m1/s1. The largest absolute Gasteiger partial charge is 0.376 e.